The number of fused-ring (bicyclic) bond motifs is 8. The van der Waals surface area contributed by atoms with Crippen LogP contribution in [0.1, 0.15) is 84.8 Å². The second kappa shape index (κ2) is 14.2. The Morgan fingerprint density at radius 2 is 1.36 bits per heavy atom. The Hall–Kier alpha value is -6.58. The molecule has 5 heterocycles. The summed E-state index contributed by atoms with van der Waals surface area (Å²) in [6, 6.07) is 10.9. The molecule has 0 unspecified atom stereocenters. The number of hydrogen-bond acceptors (Lipinski definition) is 8. The number of carboxylic acids is 2. The molecular weight excluding hydrogens is 680 g/mol. The first-order chi connectivity index (χ1) is 25.5. The first-order valence-corrected chi connectivity index (χ1v) is 17.4. The van der Waals surface area contributed by atoms with Crippen molar-refractivity contribution in [3.8, 4) is 0 Å². The van der Waals surface area contributed by atoms with Gasteiger partial charge in [-0.2, -0.15) is 10.2 Å². The smallest absolute Gasteiger partial charge is 0.335 e. The highest BCUT2D eigenvalue weighted by molar-refractivity contribution is 6.05. The van der Waals surface area contributed by atoms with Gasteiger partial charge in [0.1, 0.15) is 11.4 Å². The standard InChI is InChI=1S/C37H38N10O6/c1-4-46-31-25(22(3)43-46)10-6-5-7-17-47-30(18-21(2)42-47)32(48)40-36-38-26-19-23(34(50)51)11-13-28(26)44(36)15-8-9-16-45-29-14-12-24(35(52)53)20-27(29)39-37(45)41-33(31)49/h8-9,11-14,18-20H,4-7,10,15-17H2,1-3H3,(H,50,51)(H,52,53)(H,38,40,48)(H,39,41,49)/b9-8+. The number of rotatable bonds is 3. The number of imidazole rings is 2. The minimum atomic E-state index is -1.09. The molecule has 272 valence electrons. The predicted octanol–water partition coefficient (Wildman–Crippen LogP) is 5.30. The topological polar surface area (TPSA) is 204 Å². The van der Waals surface area contributed by atoms with E-state index >= 15 is 0 Å². The molecular formula is C37H38N10O6. The zero-order valence-electron chi connectivity index (χ0n) is 29.5. The molecule has 16 heteroatoms. The van der Waals surface area contributed by atoms with E-state index in [1.807, 2.05) is 32.9 Å². The Labute approximate surface area is 302 Å². The molecule has 0 radical (unpaired) electrons. The van der Waals surface area contributed by atoms with Crippen molar-refractivity contribution in [2.24, 2.45) is 0 Å². The molecule has 53 heavy (non-hydrogen) atoms. The molecule has 16 nitrogen and oxygen atoms in total. The second-order valence-electron chi connectivity index (χ2n) is 12.9. The Morgan fingerprint density at radius 3 is 1.92 bits per heavy atom. The molecule has 4 N–H and O–H groups in total. The van der Waals surface area contributed by atoms with E-state index in [-0.39, 0.29) is 42.0 Å². The molecule has 0 saturated heterocycles. The molecule has 0 fully saturated rings. The van der Waals surface area contributed by atoms with Gasteiger partial charge in [-0.15, -0.1) is 0 Å². The highest BCUT2D eigenvalue weighted by Crippen LogP contribution is 2.26. The van der Waals surface area contributed by atoms with Crippen LogP contribution in [-0.4, -0.2) is 72.6 Å². The van der Waals surface area contributed by atoms with Gasteiger partial charge >= 0.3 is 11.9 Å². The molecule has 2 aromatic carbocycles. The van der Waals surface area contributed by atoms with Crippen LogP contribution >= 0.6 is 0 Å². The summed E-state index contributed by atoms with van der Waals surface area (Å²) in [5.74, 6) is -2.49. The van der Waals surface area contributed by atoms with Crippen molar-refractivity contribution >= 4 is 57.7 Å². The largest absolute Gasteiger partial charge is 0.478 e. The van der Waals surface area contributed by atoms with Crippen LogP contribution in [0, 0.1) is 13.8 Å². The number of nitrogens with one attached hydrogen (secondary N) is 2. The van der Waals surface area contributed by atoms with Crippen molar-refractivity contribution in [3.05, 3.63) is 94.1 Å². The average molecular weight is 719 g/mol. The van der Waals surface area contributed by atoms with E-state index in [9.17, 15) is 29.4 Å². The Bertz CT molecular complexity index is 2460. The maximum absolute atomic E-state index is 14.1. The maximum atomic E-state index is 14.1. The number of carbonyl (C=O) groups excluding carboxylic acids is 2. The number of hydrogen-bond donors (Lipinski definition) is 4. The summed E-state index contributed by atoms with van der Waals surface area (Å²) in [5.41, 5.74) is 5.28. The monoisotopic (exact) mass is 718 g/mol. The summed E-state index contributed by atoms with van der Waals surface area (Å²) in [5, 5.41) is 34.4. The number of aryl methyl sites for hydroxylation is 4. The van der Waals surface area contributed by atoms with Crippen LogP contribution in [0.15, 0.2) is 54.6 Å². The third-order valence-corrected chi connectivity index (χ3v) is 9.38. The van der Waals surface area contributed by atoms with Gasteiger partial charge in [0, 0.05) is 31.7 Å². The van der Waals surface area contributed by atoms with Gasteiger partial charge in [-0.3, -0.25) is 29.6 Å². The summed E-state index contributed by atoms with van der Waals surface area (Å²) in [4.78, 5) is 60.6. The van der Waals surface area contributed by atoms with Crippen LogP contribution in [0.2, 0.25) is 0 Å². The predicted molar refractivity (Wildman–Crippen MR) is 196 cm³/mol. The van der Waals surface area contributed by atoms with E-state index < -0.39 is 17.8 Å². The van der Waals surface area contributed by atoms with Crippen molar-refractivity contribution in [2.75, 3.05) is 10.6 Å². The lowest BCUT2D eigenvalue weighted by Gasteiger charge is -2.11. The fraction of sp³-hybridized carbons (Fsp3) is 0.297. The molecule has 1 aliphatic heterocycles. The maximum Gasteiger partial charge on any atom is 0.335 e. The van der Waals surface area contributed by atoms with Gasteiger partial charge in [0.15, 0.2) is 0 Å². The Balaban J connectivity index is 1.31. The molecule has 1 aliphatic rings. The van der Waals surface area contributed by atoms with Gasteiger partial charge < -0.3 is 19.3 Å². The fourth-order valence-electron chi connectivity index (χ4n) is 6.81. The normalized spacial score (nSPS) is 15.1. The number of benzene rings is 2. The summed E-state index contributed by atoms with van der Waals surface area (Å²) in [6.45, 7) is 7.11. The van der Waals surface area contributed by atoms with Crippen LogP contribution in [0.4, 0.5) is 11.9 Å². The van der Waals surface area contributed by atoms with Crippen molar-refractivity contribution < 1.29 is 29.4 Å². The number of carbonyl (C=O) groups is 4. The van der Waals surface area contributed by atoms with Crippen LogP contribution in [0.3, 0.4) is 0 Å². The van der Waals surface area contributed by atoms with Gasteiger partial charge in [0.05, 0.1) is 44.6 Å². The van der Waals surface area contributed by atoms with E-state index in [4.69, 9.17) is 0 Å². The quantitative estimate of drug-likeness (QED) is 0.174. The third-order valence-electron chi connectivity index (χ3n) is 9.38. The number of nitrogens with zero attached hydrogens (tertiary/aromatic N) is 8. The van der Waals surface area contributed by atoms with Crippen LogP contribution < -0.4 is 10.6 Å². The number of aromatic nitrogens is 8. The molecule has 0 bridgehead atoms. The highest BCUT2D eigenvalue weighted by Gasteiger charge is 2.24. The van der Waals surface area contributed by atoms with Crippen molar-refractivity contribution in [1.29, 1.82) is 0 Å². The summed E-state index contributed by atoms with van der Waals surface area (Å²) in [6.07, 6.45) is 6.62. The minimum absolute atomic E-state index is 0.0642. The van der Waals surface area contributed by atoms with E-state index in [0.717, 1.165) is 30.5 Å². The Kier molecular flexibility index (Phi) is 9.34. The SMILES string of the molecule is CCn1nc(C)c2c1C(=O)Nc1nc3cc(C(=O)O)ccc3n1C/C=C/Cn1c(nc3cc(C(=O)O)ccc31)NC(=O)c1cc(C)nn1CCCCC2. The van der Waals surface area contributed by atoms with E-state index in [1.54, 1.807) is 36.7 Å². The highest BCUT2D eigenvalue weighted by atomic mass is 16.4. The van der Waals surface area contributed by atoms with Crippen LogP contribution in [-0.2, 0) is 32.6 Å². The first kappa shape index (κ1) is 34.9. The second-order valence-corrected chi connectivity index (χ2v) is 12.9. The molecule has 4 aromatic heterocycles. The van der Waals surface area contributed by atoms with Gasteiger partial charge in [0.2, 0.25) is 11.9 Å². The first-order valence-electron chi connectivity index (χ1n) is 17.4. The molecule has 0 atom stereocenters. The lowest BCUT2D eigenvalue weighted by molar-refractivity contribution is 0.0686. The Morgan fingerprint density at radius 1 is 0.774 bits per heavy atom. The van der Waals surface area contributed by atoms with Gasteiger partial charge in [0.25, 0.3) is 11.8 Å². The van der Waals surface area contributed by atoms with Gasteiger partial charge in [-0.05, 0) is 82.5 Å². The number of carboxylic acid groups (broad SMARTS) is 2. The fourth-order valence-corrected chi connectivity index (χ4v) is 6.81. The van der Waals surface area contributed by atoms with Crippen molar-refractivity contribution in [3.63, 3.8) is 0 Å². The van der Waals surface area contributed by atoms with Crippen molar-refractivity contribution in [1.82, 2.24) is 38.7 Å². The molecule has 0 spiro atoms. The molecule has 7 rings (SSSR count). The number of amides is 2. The van der Waals surface area contributed by atoms with E-state index in [1.165, 1.54) is 24.3 Å². The summed E-state index contributed by atoms with van der Waals surface area (Å²) >= 11 is 0. The van der Waals surface area contributed by atoms with E-state index in [0.29, 0.717) is 58.7 Å². The number of anilines is 2. The third kappa shape index (κ3) is 6.78. The zero-order chi connectivity index (χ0) is 37.4. The van der Waals surface area contributed by atoms with Gasteiger partial charge in [-0.1, -0.05) is 18.6 Å². The summed E-state index contributed by atoms with van der Waals surface area (Å²) in [7, 11) is 0. The summed E-state index contributed by atoms with van der Waals surface area (Å²) < 4.78 is 6.94. The minimum Gasteiger partial charge on any atom is -0.478 e. The number of allylic oxidation sites excluding steroid dienone is 2. The van der Waals surface area contributed by atoms with Gasteiger partial charge in [-0.25, -0.2) is 19.6 Å². The van der Waals surface area contributed by atoms with Crippen LogP contribution in [0.5, 0.6) is 0 Å². The van der Waals surface area contributed by atoms with Crippen LogP contribution in [0.25, 0.3) is 22.1 Å². The molecule has 2 amide bonds. The average Bonchev–Trinajstić information content (AvgIpc) is 3.86. The number of aromatic carboxylic acids is 2. The zero-order valence-corrected chi connectivity index (χ0v) is 29.5. The lowest BCUT2D eigenvalue weighted by atomic mass is 10.0. The van der Waals surface area contributed by atoms with Crippen molar-refractivity contribution in [2.45, 2.75) is 72.6 Å². The lowest BCUT2D eigenvalue weighted by Crippen LogP contribution is -2.21. The van der Waals surface area contributed by atoms with E-state index in [2.05, 4.69) is 30.8 Å². The molecule has 0 saturated carbocycles. The molecule has 6 aromatic rings. The molecule has 0 aliphatic carbocycles.